The first-order valence-corrected chi connectivity index (χ1v) is 5.80. The molecular weight excluding hydrogens is 244 g/mol. The maximum absolute atomic E-state index is 11.9. The minimum Gasteiger partial charge on any atom is -0.409 e. The minimum absolute atomic E-state index is 0.0861. The summed E-state index contributed by atoms with van der Waals surface area (Å²) in [5.74, 6) is -0.112. The van der Waals surface area contributed by atoms with E-state index in [0.29, 0.717) is 18.5 Å². The van der Waals surface area contributed by atoms with Crippen molar-refractivity contribution in [3.63, 3.8) is 0 Å². The molecule has 0 unspecified atom stereocenters. The average molecular weight is 258 g/mol. The van der Waals surface area contributed by atoms with Crippen molar-refractivity contribution in [3.05, 3.63) is 42.1 Å². The molecule has 0 aliphatic rings. The zero-order valence-electron chi connectivity index (χ0n) is 10.2. The first kappa shape index (κ1) is 12.8. The number of oxime groups is 1. The summed E-state index contributed by atoms with van der Waals surface area (Å²) in [5.41, 5.74) is 6.71. The van der Waals surface area contributed by atoms with E-state index in [2.05, 4.69) is 15.5 Å². The fraction of sp³-hybridized carbons (Fsp3) is 0.154. The molecule has 1 heterocycles. The molecule has 1 aromatic heterocycles. The Hall–Kier alpha value is -2.63. The summed E-state index contributed by atoms with van der Waals surface area (Å²) in [6, 6.07) is 9.01. The topological polar surface area (TPSA) is 101 Å². The summed E-state index contributed by atoms with van der Waals surface area (Å²) < 4.78 is 0. The average Bonchev–Trinajstić information content (AvgIpc) is 2.46. The minimum atomic E-state index is -0.198. The van der Waals surface area contributed by atoms with Gasteiger partial charge in [-0.2, -0.15) is 0 Å². The Labute approximate surface area is 109 Å². The number of nitrogens with zero attached hydrogens (tertiary/aromatic N) is 2. The van der Waals surface area contributed by atoms with Crippen LogP contribution in [0.15, 0.2) is 41.7 Å². The molecule has 6 nitrogen and oxygen atoms in total. The van der Waals surface area contributed by atoms with Gasteiger partial charge in [0.2, 0.25) is 0 Å². The Kier molecular flexibility index (Phi) is 3.92. The highest BCUT2D eigenvalue weighted by Crippen LogP contribution is 2.13. The van der Waals surface area contributed by atoms with Crippen molar-refractivity contribution in [3.8, 4) is 0 Å². The molecule has 2 aromatic rings. The zero-order valence-corrected chi connectivity index (χ0v) is 10.2. The normalized spacial score (nSPS) is 11.5. The first-order chi connectivity index (χ1) is 9.20. The summed E-state index contributed by atoms with van der Waals surface area (Å²) in [5, 5.41) is 14.8. The van der Waals surface area contributed by atoms with Crippen LogP contribution in [0.1, 0.15) is 16.8 Å². The van der Waals surface area contributed by atoms with Crippen LogP contribution < -0.4 is 11.1 Å². The number of hydrogen-bond donors (Lipinski definition) is 3. The van der Waals surface area contributed by atoms with Crippen LogP contribution in [0, 0.1) is 0 Å². The molecule has 1 amide bonds. The Bertz CT molecular complexity index is 625. The van der Waals surface area contributed by atoms with E-state index in [4.69, 9.17) is 10.9 Å². The van der Waals surface area contributed by atoms with Gasteiger partial charge in [-0.15, -0.1) is 0 Å². The lowest BCUT2D eigenvalue weighted by Crippen LogP contribution is -2.27. The van der Waals surface area contributed by atoms with E-state index in [1.165, 1.54) is 0 Å². The number of amidine groups is 1. The van der Waals surface area contributed by atoms with Gasteiger partial charge in [0.1, 0.15) is 5.84 Å². The van der Waals surface area contributed by atoms with E-state index in [0.717, 1.165) is 10.9 Å². The van der Waals surface area contributed by atoms with E-state index in [-0.39, 0.29) is 11.7 Å². The van der Waals surface area contributed by atoms with E-state index in [1.54, 1.807) is 24.4 Å². The van der Waals surface area contributed by atoms with Crippen molar-refractivity contribution >= 4 is 22.6 Å². The van der Waals surface area contributed by atoms with Crippen LogP contribution in [0.5, 0.6) is 0 Å². The van der Waals surface area contributed by atoms with Crippen molar-refractivity contribution in [1.29, 1.82) is 0 Å². The quantitative estimate of drug-likeness (QED) is 0.331. The van der Waals surface area contributed by atoms with Crippen molar-refractivity contribution in [1.82, 2.24) is 10.3 Å². The number of carbonyl (C=O) groups excluding carboxylic acids is 1. The molecule has 0 saturated carbocycles. The maximum Gasteiger partial charge on any atom is 0.251 e. The van der Waals surface area contributed by atoms with Crippen LogP contribution in [0.3, 0.4) is 0 Å². The van der Waals surface area contributed by atoms with Gasteiger partial charge in [-0.25, -0.2) is 0 Å². The molecule has 1 aromatic carbocycles. The third-order valence-electron chi connectivity index (χ3n) is 2.66. The van der Waals surface area contributed by atoms with E-state index >= 15 is 0 Å². The highest BCUT2D eigenvalue weighted by molar-refractivity contribution is 5.98. The van der Waals surface area contributed by atoms with Gasteiger partial charge in [0.15, 0.2) is 0 Å². The van der Waals surface area contributed by atoms with Crippen LogP contribution in [0.4, 0.5) is 0 Å². The number of hydrogen-bond acceptors (Lipinski definition) is 4. The molecule has 2 rings (SSSR count). The number of fused-ring (bicyclic) bond motifs is 1. The predicted octanol–water partition coefficient (Wildman–Crippen LogP) is 1.10. The van der Waals surface area contributed by atoms with Gasteiger partial charge >= 0.3 is 0 Å². The van der Waals surface area contributed by atoms with E-state index < -0.39 is 0 Å². The molecule has 98 valence electrons. The SMILES string of the molecule is NC(CCNC(=O)c1ccc2ncccc2c1)=NO. The Balaban J connectivity index is 2.05. The highest BCUT2D eigenvalue weighted by atomic mass is 16.4. The van der Waals surface area contributed by atoms with Gasteiger partial charge in [-0.05, 0) is 24.3 Å². The van der Waals surface area contributed by atoms with Crippen LogP contribution in [0.25, 0.3) is 10.9 Å². The molecule has 0 radical (unpaired) electrons. The summed E-state index contributed by atoms with van der Waals surface area (Å²) in [4.78, 5) is 16.1. The van der Waals surface area contributed by atoms with Gasteiger partial charge in [0.25, 0.3) is 5.91 Å². The standard InChI is InChI=1S/C13H14N4O2/c14-12(17-19)5-7-16-13(18)10-3-4-11-9(8-10)2-1-6-15-11/h1-4,6,8,19H,5,7H2,(H2,14,17)(H,16,18). The van der Waals surface area contributed by atoms with Crippen molar-refractivity contribution < 1.29 is 10.0 Å². The monoisotopic (exact) mass is 258 g/mol. The number of nitrogens with two attached hydrogens (primary N) is 1. The lowest BCUT2D eigenvalue weighted by atomic mass is 10.1. The third kappa shape index (κ3) is 3.19. The number of amides is 1. The van der Waals surface area contributed by atoms with Gasteiger partial charge < -0.3 is 16.3 Å². The number of nitrogens with one attached hydrogen (secondary N) is 1. The van der Waals surface area contributed by atoms with Gasteiger partial charge in [-0.1, -0.05) is 11.2 Å². The number of aromatic nitrogens is 1. The van der Waals surface area contributed by atoms with Gasteiger partial charge in [0, 0.05) is 30.1 Å². The molecule has 0 atom stereocenters. The lowest BCUT2D eigenvalue weighted by molar-refractivity contribution is 0.0955. The Morgan fingerprint density at radius 1 is 1.42 bits per heavy atom. The smallest absolute Gasteiger partial charge is 0.251 e. The van der Waals surface area contributed by atoms with Gasteiger partial charge in [0.05, 0.1) is 5.52 Å². The molecule has 19 heavy (non-hydrogen) atoms. The summed E-state index contributed by atoms with van der Waals surface area (Å²) in [7, 11) is 0. The van der Waals surface area contributed by atoms with Crippen molar-refractivity contribution in [2.24, 2.45) is 10.9 Å². The molecule has 0 aliphatic heterocycles. The van der Waals surface area contributed by atoms with Crippen LogP contribution in [-0.4, -0.2) is 28.5 Å². The molecule has 0 fully saturated rings. The van der Waals surface area contributed by atoms with Crippen LogP contribution in [-0.2, 0) is 0 Å². The third-order valence-corrected chi connectivity index (χ3v) is 2.66. The zero-order chi connectivity index (χ0) is 13.7. The predicted molar refractivity (Wildman–Crippen MR) is 72.1 cm³/mol. The Morgan fingerprint density at radius 2 is 2.26 bits per heavy atom. The number of rotatable bonds is 4. The highest BCUT2D eigenvalue weighted by Gasteiger charge is 2.06. The van der Waals surface area contributed by atoms with E-state index in [1.807, 2.05) is 12.1 Å². The molecule has 0 bridgehead atoms. The second-order valence-electron chi connectivity index (χ2n) is 4.01. The molecular formula is C13H14N4O2. The summed E-state index contributed by atoms with van der Waals surface area (Å²) in [6.07, 6.45) is 2.01. The van der Waals surface area contributed by atoms with Crippen LogP contribution >= 0.6 is 0 Å². The van der Waals surface area contributed by atoms with Crippen molar-refractivity contribution in [2.75, 3.05) is 6.54 Å². The fourth-order valence-corrected chi connectivity index (χ4v) is 1.67. The molecule has 0 aliphatic carbocycles. The van der Waals surface area contributed by atoms with Crippen LogP contribution in [0.2, 0.25) is 0 Å². The molecule has 4 N–H and O–H groups in total. The summed E-state index contributed by atoms with van der Waals surface area (Å²) >= 11 is 0. The second kappa shape index (κ2) is 5.81. The lowest BCUT2D eigenvalue weighted by Gasteiger charge is -2.05. The fourth-order valence-electron chi connectivity index (χ4n) is 1.67. The first-order valence-electron chi connectivity index (χ1n) is 5.80. The second-order valence-corrected chi connectivity index (χ2v) is 4.01. The van der Waals surface area contributed by atoms with E-state index in [9.17, 15) is 4.79 Å². The van der Waals surface area contributed by atoms with Gasteiger partial charge in [-0.3, -0.25) is 9.78 Å². The Morgan fingerprint density at radius 3 is 3.05 bits per heavy atom. The number of benzene rings is 1. The molecule has 0 spiro atoms. The molecule has 6 heteroatoms. The number of carbonyl (C=O) groups is 1. The maximum atomic E-state index is 11.9. The molecule has 0 saturated heterocycles. The summed E-state index contributed by atoms with van der Waals surface area (Å²) in [6.45, 7) is 0.319. The number of pyridine rings is 1. The van der Waals surface area contributed by atoms with Crippen molar-refractivity contribution in [2.45, 2.75) is 6.42 Å². The largest absolute Gasteiger partial charge is 0.409 e.